The zero-order chi connectivity index (χ0) is 12.9. The number of rotatable bonds is 6. The van der Waals surface area contributed by atoms with Crippen LogP contribution in [0.15, 0.2) is 10.7 Å². The van der Waals surface area contributed by atoms with Crippen molar-refractivity contribution in [2.24, 2.45) is 0 Å². The van der Waals surface area contributed by atoms with Gasteiger partial charge in [-0.05, 0) is 35.7 Å². The molecule has 1 heterocycles. The van der Waals surface area contributed by atoms with Gasteiger partial charge < -0.3 is 10.1 Å². The Labute approximate surface area is 115 Å². The van der Waals surface area contributed by atoms with E-state index in [-0.39, 0.29) is 5.54 Å². The molecule has 0 saturated carbocycles. The summed E-state index contributed by atoms with van der Waals surface area (Å²) in [6, 6.07) is 0. The third-order valence-corrected chi connectivity index (χ3v) is 3.48. The molecule has 0 spiro atoms. The summed E-state index contributed by atoms with van der Waals surface area (Å²) in [5.74, 6) is 1.68. The number of hydrogen-bond donors (Lipinski definition) is 1. The van der Waals surface area contributed by atoms with Crippen LogP contribution >= 0.6 is 27.5 Å². The van der Waals surface area contributed by atoms with Crippen molar-refractivity contribution < 1.29 is 4.74 Å². The zero-order valence-corrected chi connectivity index (χ0v) is 12.6. The van der Waals surface area contributed by atoms with Gasteiger partial charge in [0.05, 0.1) is 17.8 Å². The maximum absolute atomic E-state index is 5.80. The van der Waals surface area contributed by atoms with E-state index >= 15 is 0 Å². The first kappa shape index (κ1) is 14.5. The molecule has 1 unspecified atom stereocenters. The first-order valence-electron chi connectivity index (χ1n) is 5.45. The van der Waals surface area contributed by atoms with E-state index in [4.69, 9.17) is 16.3 Å². The highest BCUT2D eigenvalue weighted by molar-refractivity contribution is 9.10. The quantitative estimate of drug-likeness (QED) is 0.815. The van der Waals surface area contributed by atoms with Crippen LogP contribution in [0.3, 0.4) is 0 Å². The number of ether oxygens (including phenoxy) is 1. The fourth-order valence-electron chi connectivity index (χ4n) is 1.36. The first-order valence-corrected chi connectivity index (χ1v) is 6.78. The smallest absolute Gasteiger partial charge is 0.232 e. The Morgan fingerprint density at radius 2 is 2.29 bits per heavy atom. The van der Waals surface area contributed by atoms with E-state index in [1.165, 1.54) is 0 Å². The standard InChI is InChI=1S/C11H17BrClN3O/c1-4-11(2,5-6-13)16-10-14-7-8(12)9(15-10)17-3/h7H,4-6H2,1-3H3,(H,14,15,16). The summed E-state index contributed by atoms with van der Waals surface area (Å²) in [5.41, 5.74) is -0.0966. The molecule has 1 rings (SSSR count). The van der Waals surface area contributed by atoms with Crippen molar-refractivity contribution in [3.63, 3.8) is 0 Å². The van der Waals surface area contributed by atoms with E-state index in [0.29, 0.717) is 17.7 Å². The maximum atomic E-state index is 5.80. The highest BCUT2D eigenvalue weighted by Crippen LogP contribution is 2.25. The summed E-state index contributed by atoms with van der Waals surface area (Å²) in [6.07, 6.45) is 3.47. The molecule has 1 N–H and O–H groups in total. The number of alkyl halides is 1. The molecule has 1 atom stereocenters. The van der Waals surface area contributed by atoms with Crippen LogP contribution in [0, 0.1) is 0 Å². The minimum atomic E-state index is -0.0966. The van der Waals surface area contributed by atoms with Gasteiger partial charge in [-0.15, -0.1) is 11.6 Å². The van der Waals surface area contributed by atoms with E-state index in [9.17, 15) is 0 Å². The molecule has 0 saturated heterocycles. The minimum absolute atomic E-state index is 0.0966. The summed E-state index contributed by atoms with van der Waals surface area (Å²) in [5, 5.41) is 3.30. The summed E-state index contributed by atoms with van der Waals surface area (Å²) in [7, 11) is 1.58. The average molecular weight is 323 g/mol. The van der Waals surface area contributed by atoms with Crippen LogP contribution < -0.4 is 10.1 Å². The van der Waals surface area contributed by atoms with Gasteiger partial charge in [0.15, 0.2) is 0 Å². The Bertz CT molecular complexity index is 378. The lowest BCUT2D eigenvalue weighted by molar-refractivity contribution is 0.393. The number of nitrogens with zero attached hydrogens (tertiary/aromatic N) is 2. The molecule has 96 valence electrons. The second kappa shape index (κ2) is 6.40. The van der Waals surface area contributed by atoms with Gasteiger partial charge in [-0.1, -0.05) is 6.92 Å². The predicted molar refractivity (Wildman–Crippen MR) is 73.9 cm³/mol. The SMILES string of the molecule is CCC(C)(CCCl)Nc1ncc(Br)c(OC)n1. The largest absolute Gasteiger partial charge is 0.480 e. The van der Waals surface area contributed by atoms with E-state index in [1.54, 1.807) is 13.3 Å². The Balaban J connectivity index is 2.86. The van der Waals surface area contributed by atoms with Crippen LogP contribution in [0.25, 0.3) is 0 Å². The van der Waals surface area contributed by atoms with Crippen molar-refractivity contribution in [2.75, 3.05) is 18.3 Å². The lowest BCUT2D eigenvalue weighted by atomic mass is 9.96. The van der Waals surface area contributed by atoms with Gasteiger partial charge in [0.25, 0.3) is 0 Å². The van der Waals surface area contributed by atoms with Crippen molar-refractivity contribution in [3.8, 4) is 5.88 Å². The van der Waals surface area contributed by atoms with Crippen LogP contribution in [0.5, 0.6) is 5.88 Å². The highest BCUT2D eigenvalue weighted by atomic mass is 79.9. The fraction of sp³-hybridized carbons (Fsp3) is 0.636. The van der Waals surface area contributed by atoms with E-state index in [1.807, 2.05) is 0 Å². The summed E-state index contributed by atoms with van der Waals surface area (Å²) in [6.45, 7) is 4.21. The molecule has 4 nitrogen and oxygen atoms in total. The fourth-order valence-corrected chi connectivity index (χ4v) is 2.13. The number of halogens is 2. The Hall–Kier alpha value is -0.550. The Kier molecular flexibility index (Phi) is 5.46. The molecule has 17 heavy (non-hydrogen) atoms. The first-order chi connectivity index (χ1) is 8.04. The number of hydrogen-bond acceptors (Lipinski definition) is 4. The molecule has 0 aliphatic rings. The lowest BCUT2D eigenvalue weighted by Crippen LogP contribution is -2.35. The Morgan fingerprint density at radius 1 is 1.59 bits per heavy atom. The molecule has 0 radical (unpaired) electrons. The van der Waals surface area contributed by atoms with Crippen molar-refractivity contribution in [2.45, 2.75) is 32.2 Å². The number of methoxy groups -OCH3 is 1. The van der Waals surface area contributed by atoms with Gasteiger partial charge in [0.1, 0.15) is 0 Å². The third-order valence-electron chi connectivity index (χ3n) is 2.75. The highest BCUT2D eigenvalue weighted by Gasteiger charge is 2.22. The zero-order valence-electron chi connectivity index (χ0n) is 10.3. The van der Waals surface area contributed by atoms with E-state index in [0.717, 1.165) is 17.3 Å². The molecule has 1 aromatic heterocycles. The number of anilines is 1. The van der Waals surface area contributed by atoms with Crippen molar-refractivity contribution in [1.82, 2.24) is 9.97 Å². The van der Waals surface area contributed by atoms with Crippen LogP contribution in [0.2, 0.25) is 0 Å². The predicted octanol–water partition coefficient (Wildman–Crippen LogP) is 3.46. The summed E-state index contributed by atoms with van der Waals surface area (Å²) in [4.78, 5) is 8.48. The third kappa shape index (κ3) is 4.00. The lowest BCUT2D eigenvalue weighted by Gasteiger charge is -2.28. The number of nitrogens with one attached hydrogen (secondary N) is 1. The van der Waals surface area contributed by atoms with Gasteiger partial charge in [-0.25, -0.2) is 4.98 Å². The van der Waals surface area contributed by atoms with Gasteiger partial charge in [0, 0.05) is 11.4 Å². The van der Waals surface area contributed by atoms with Crippen molar-refractivity contribution >= 4 is 33.5 Å². The molecule has 0 bridgehead atoms. The summed E-state index contributed by atoms with van der Waals surface area (Å²) < 4.78 is 5.87. The van der Waals surface area contributed by atoms with E-state index in [2.05, 4.69) is 45.1 Å². The Morgan fingerprint density at radius 3 is 2.82 bits per heavy atom. The molecular weight excluding hydrogens is 305 g/mol. The molecular formula is C11H17BrClN3O. The molecule has 0 aromatic carbocycles. The van der Waals surface area contributed by atoms with Crippen LogP contribution in [-0.2, 0) is 0 Å². The molecule has 0 aliphatic carbocycles. The maximum Gasteiger partial charge on any atom is 0.232 e. The van der Waals surface area contributed by atoms with Gasteiger partial charge in [-0.3, -0.25) is 0 Å². The van der Waals surface area contributed by atoms with Crippen molar-refractivity contribution in [1.29, 1.82) is 0 Å². The summed E-state index contributed by atoms with van der Waals surface area (Å²) >= 11 is 9.12. The molecule has 6 heteroatoms. The van der Waals surface area contributed by atoms with Gasteiger partial charge >= 0.3 is 0 Å². The average Bonchev–Trinajstić information content (AvgIpc) is 2.32. The molecule has 0 amide bonds. The second-order valence-corrected chi connectivity index (χ2v) is 5.26. The monoisotopic (exact) mass is 321 g/mol. The second-order valence-electron chi connectivity index (χ2n) is 4.03. The van der Waals surface area contributed by atoms with Gasteiger partial charge in [0.2, 0.25) is 11.8 Å². The molecule has 0 fully saturated rings. The normalized spacial score (nSPS) is 14.2. The topological polar surface area (TPSA) is 47.0 Å². The number of aromatic nitrogens is 2. The molecule has 0 aliphatic heterocycles. The van der Waals surface area contributed by atoms with Crippen LogP contribution in [-0.4, -0.2) is 28.5 Å². The molecule has 1 aromatic rings. The van der Waals surface area contributed by atoms with Crippen molar-refractivity contribution in [3.05, 3.63) is 10.7 Å². The van der Waals surface area contributed by atoms with Gasteiger partial charge in [-0.2, -0.15) is 4.98 Å². The van der Waals surface area contributed by atoms with E-state index < -0.39 is 0 Å². The van der Waals surface area contributed by atoms with Crippen LogP contribution in [0.1, 0.15) is 26.7 Å². The minimum Gasteiger partial charge on any atom is -0.480 e. The van der Waals surface area contributed by atoms with Crippen LogP contribution in [0.4, 0.5) is 5.95 Å².